The van der Waals surface area contributed by atoms with Gasteiger partial charge in [0.05, 0.1) is 10.9 Å². The van der Waals surface area contributed by atoms with Crippen molar-refractivity contribution >= 4 is 28.6 Å². The first-order valence-electron chi connectivity index (χ1n) is 7.36. The zero-order chi connectivity index (χ0) is 16.9. The van der Waals surface area contributed by atoms with Gasteiger partial charge in [0, 0.05) is 0 Å². The summed E-state index contributed by atoms with van der Waals surface area (Å²) in [5.74, 6) is 0.494. The van der Waals surface area contributed by atoms with Gasteiger partial charge in [-0.2, -0.15) is 0 Å². The van der Waals surface area contributed by atoms with E-state index in [-0.39, 0.29) is 16.4 Å². The van der Waals surface area contributed by atoms with Crippen LogP contribution in [0.1, 0.15) is 11.1 Å². The maximum absolute atomic E-state index is 11.6. The second-order valence-corrected chi connectivity index (χ2v) is 6.50. The van der Waals surface area contributed by atoms with Gasteiger partial charge in [0.25, 0.3) is 5.24 Å². The van der Waals surface area contributed by atoms with Crippen molar-refractivity contribution in [3.05, 3.63) is 59.7 Å². The molecule has 1 atom stereocenters. The van der Waals surface area contributed by atoms with Crippen molar-refractivity contribution in [1.29, 1.82) is 0 Å². The molecule has 1 fully saturated rings. The molecule has 2 amide bonds. The van der Waals surface area contributed by atoms with Crippen LogP contribution in [0.5, 0.6) is 5.75 Å². The number of carbonyl (C=O) groups is 2. The molecule has 0 bridgehead atoms. The van der Waals surface area contributed by atoms with Crippen LogP contribution < -0.4 is 15.5 Å². The molecule has 2 aromatic rings. The van der Waals surface area contributed by atoms with Crippen LogP contribution in [0.4, 0.5) is 10.5 Å². The molecule has 1 saturated heterocycles. The molecule has 0 radical (unpaired) electrons. The van der Waals surface area contributed by atoms with E-state index >= 15 is 0 Å². The number of hydrogen-bond donors (Lipinski definition) is 3. The van der Waals surface area contributed by atoms with E-state index < -0.39 is 0 Å². The van der Waals surface area contributed by atoms with E-state index in [9.17, 15) is 9.59 Å². The van der Waals surface area contributed by atoms with Crippen LogP contribution in [-0.4, -0.2) is 21.6 Å². The van der Waals surface area contributed by atoms with E-state index in [2.05, 4.69) is 10.8 Å². The smallest absolute Gasteiger partial charge is 0.286 e. The molecule has 124 valence electrons. The fraction of sp³-hybridized carbons (Fsp3) is 0.176. The Morgan fingerprint density at radius 2 is 1.71 bits per heavy atom. The number of imide groups is 1. The quantitative estimate of drug-likeness (QED) is 0.698. The minimum absolute atomic E-state index is 0.230. The van der Waals surface area contributed by atoms with Crippen LogP contribution >= 0.6 is 11.8 Å². The number of nitrogens with one attached hydrogen (secondary N) is 2. The lowest BCUT2D eigenvalue weighted by atomic mass is 10.1. The SMILES string of the molecule is O=C1NC(=O)C(Cc2ccc(OCc3ccc(NO)cc3)cc2)S1. The van der Waals surface area contributed by atoms with E-state index in [1.54, 1.807) is 12.1 Å². The zero-order valence-electron chi connectivity index (χ0n) is 12.7. The summed E-state index contributed by atoms with van der Waals surface area (Å²) in [6.45, 7) is 0.417. The fourth-order valence-corrected chi connectivity index (χ4v) is 3.17. The standard InChI is InChI=1S/C17H16N2O4S/c20-16-15(24-17(21)18-16)9-11-3-7-14(8-4-11)23-10-12-1-5-13(19-22)6-2-12/h1-8,15,19,22H,9-10H2,(H,18,20,21). The summed E-state index contributed by atoms with van der Waals surface area (Å²) in [4.78, 5) is 22.7. The first-order valence-corrected chi connectivity index (χ1v) is 8.24. The predicted octanol–water partition coefficient (Wildman–Crippen LogP) is 2.96. The van der Waals surface area contributed by atoms with Gasteiger partial charge in [0.1, 0.15) is 12.4 Å². The molecule has 6 nitrogen and oxygen atoms in total. The number of thioether (sulfide) groups is 1. The Hall–Kier alpha value is -2.51. The minimum atomic E-state index is -0.358. The van der Waals surface area contributed by atoms with E-state index in [0.29, 0.717) is 18.7 Å². The molecule has 3 rings (SSSR count). The molecular weight excluding hydrogens is 328 g/mol. The number of amides is 2. The molecule has 24 heavy (non-hydrogen) atoms. The molecule has 1 aliphatic heterocycles. The van der Waals surface area contributed by atoms with Crippen LogP contribution in [0.3, 0.4) is 0 Å². The van der Waals surface area contributed by atoms with Gasteiger partial charge >= 0.3 is 0 Å². The topological polar surface area (TPSA) is 87.7 Å². The third kappa shape index (κ3) is 4.06. The Labute approximate surface area is 143 Å². The number of hydrogen-bond acceptors (Lipinski definition) is 6. The lowest BCUT2D eigenvalue weighted by Crippen LogP contribution is -2.25. The Balaban J connectivity index is 1.54. The van der Waals surface area contributed by atoms with Crippen molar-refractivity contribution in [3.63, 3.8) is 0 Å². The van der Waals surface area contributed by atoms with Crippen LogP contribution in [0.2, 0.25) is 0 Å². The number of ether oxygens (including phenoxy) is 1. The van der Waals surface area contributed by atoms with Crippen molar-refractivity contribution in [2.45, 2.75) is 18.3 Å². The highest BCUT2D eigenvalue weighted by molar-refractivity contribution is 8.15. The third-order valence-corrected chi connectivity index (χ3v) is 4.58. The monoisotopic (exact) mass is 344 g/mol. The maximum atomic E-state index is 11.6. The lowest BCUT2D eigenvalue weighted by molar-refractivity contribution is -0.118. The number of carbonyl (C=O) groups excluding carboxylic acids is 2. The van der Waals surface area contributed by atoms with Gasteiger partial charge in [-0.25, -0.2) is 0 Å². The minimum Gasteiger partial charge on any atom is -0.489 e. The second kappa shape index (κ2) is 7.37. The van der Waals surface area contributed by atoms with E-state index in [4.69, 9.17) is 9.94 Å². The van der Waals surface area contributed by atoms with Crippen LogP contribution in [-0.2, 0) is 17.8 Å². The average molecular weight is 344 g/mol. The van der Waals surface area contributed by atoms with Gasteiger partial charge in [0.2, 0.25) is 5.91 Å². The van der Waals surface area contributed by atoms with Crippen LogP contribution in [0, 0.1) is 0 Å². The highest BCUT2D eigenvalue weighted by Crippen LogP contribution is 2.24. The van der Waals surface area contributed by atoms with Crippen molar-refractivity contribution in [2.75, 3.05) is 5.48 Å². The van der Waals surface area contributed by atoms with Crippen molar-refractivity contribution in [1.82, 2.24) is 5.32 Å². The molecule has 1 unspecified atom stereocenters. The third-order valence-electron chi connectivity index (χ3n) is 3.60. The summed E-state index contributed by atoms with van der Waals surface area (Å²) in [5, 5.41) is 10.4. The summed E-state index contributed by atoms with van der Waals surface area (Å²) >= 11 is 1.03. The van der Waals surface area contributed by atoms with Gasteiger partial charge < -0.3 is 4.74 Å². The largest absolute Gasteiger partial charge is 0.489 e. The Kier molecular flexibility index (Phi) is 5.02. The number of anilines is 1. The second-order valence-electron chi connectivity index (χ2n) is 5.33. The molecular formula is C17H16N2O4S. The summed E-state index contributed by atoms with van der Waals surface area (Å²) < 4.78 is 5.71. The molecule has 1 heterocycles. The first kappa shape index (κ1) is 16.4. The molecule has 2 aromatic carbocycles. The van der Waals surface area contributed by atoms with Gasteiger partial charge in [0.15, 0.2) is 0 Å². The molecule has 0 spiro atoms. The molecule has 0 aliphatic carbocycles. The van der Waals surface area contributed by atoms with Gasteiger partial charge in [-0.3, -0.25) is 25.6 Å². The predicted molar refractivity (Wildman–Crippen MR) is 91.2 cm³/mol. The van der Waals surface area contributed by atoms with Crippen molar-refractivity contribution in [3.8, 4) is 5.75 Å². The van der Waals surface area contributed by atoms with Gasteiger partial charge in [-0.05, 0) is 41.8 Å². The van der Waals surface area contributed by atoms with E-state index in [1.807, 2.05) is 36.4 Å². The van der Waals surface area contributed by atoms with Crippen LogP contribution in [0.25, 0.3) is 0 Å². The summed E-state index contributed by atoms with van der Waals surface area (Å²) in [7, 11) is 0. The summed E-state index contributed by atoms with van der Waals surface area (Å²) in [5.41, 5.74) is 4.66. The number of rotatable bonds is 6. The van der Waals surface area contributed by atoms with Crippen LogP contribution in [0.15, 0.2) is 48.5 Å². The molecule has 7 heteroatoms. The Morgan fingerprint density at radius 3 is 2.29 bits per heavy atom. The van der Waals surface area contributed by atoms with Gasteiger partial charge in [-0.15, -0.1) is 0 Å². The zero-order valence-corrected chi connectivity index (χ0v) is 13.5. The van der Waals surface area contributed by atoms with E-state index in [1.165, 1.54) is 0 Å². The molecule has 3 N–H and O–H groups in total. The summed E-state index contributed by atoms with van der Waals surface area (Å²) in [6, 6.07) is 14.7. The average Bonchev–Trinajstić information content (AvgIpc) is 2.92. The molecule has 0 aromatic heterocycles. The first-order chi connectivity index (χ1) is 11.6. The van der Waals surface area contributed by atoms with Crippen molar-refractivity contribution < 1.29 is 19.5 Å². The maximum Gasteiger partial charge on any atom is 0.286 e. The highest BCUT2D eigenvalue weighted by atomic mass is 32.2. The Morgan fingerprint density at radius 1 is 1.04 bits per heavy atom. The highest BCUT2D eigenvalue weighted by Gasteiger charge is 2.31. The fourth-order valence-electron chi connectivity index (χ4n) is 2.31. The molecule has 1 aliphatic rings. The lowest BCUT2D eigenvalue weighted by Gasteiger charge is -2.09. The summed E-state index contributed by atoms with van der Waals surface area (Å²) in [6.07, 6.45) is 0.512. The normalized spacial score (nSPS) is 16.8. The molecule has 0 saturated carbocycles. The Bertz CT molecular complexity index is 731. The van der Waals surface area contributed by atoms with Crippen molar-refractivity contribution in [2.24, 2.45) is 0 Å². The van der Waals surface area contributed by atoms with E-state index in [0.717, 1.165) is 28.6 Å². The number of benzene rings is 2. The van der Waals surface area contributed by atoms with Gasteiger partial charge in [-0.1, -0.05) is 36.0 Å².